The number of halogens is 3. The number of nitrogens with zero attached hydrogens (tertiary/aromatic N) is 5. The smallest absolute Gasteiger partial charge is 0.334 e. The predicted octanol–water partition coefficient (Wildman–Crippen LogP) is 3.33. The number of imidazole rings is 1. The Labute approximate surface area is 138 Å². The lowest BCUT2D eigenvalue weighted by molar-refractivity contribution is -0.384. The van der Waals surface area contributed by atoms with Gasteiger partial charge in [0.1, 0.15) is 12.7 Å². The van der Waals surface area contributed by atoms with Crippen LogP contribution >= 0.6 is 0 Å². The Hall–Kier alpha value is -3.50. The van der Waals surface area contributed by atoms with Gasteiger partial charge in [0.2, 0.25) is 11.6 Å². The molecule has 25 heavy (non-hydrogen) atoms. The number of nitrogens with one attached hydrogen (secondary N) is 1. The molecule has 2 aromatic heterocycles. The first-order valence-electron chi connectivity index (χ1n) is 6.78. The van der Waals surface area contributed by atoms with E-state index in [1.807, 2.05) is 0 Å². The molecule has 3 aromatic rings. The number of rotatable bonds is 4. The summed E-state index contributed by atoms with van der Waals surface area (Å²) in [6.45, 7) is 0. The number of hydrogen-bond acceptors (Lipinski definition) is 6. The molecule has 0 saturated heterocycles. The molecule has 0 saturated carbocycles. The quantitative estimate of drug-likeness (QED) is 0.572. The third-order valence-electron chi connectivity index (χ3n) is 3.21. The Morgan fingerprint density at radius 1 is 1.16 bits per heavy atom. The van der Waals surface area contributed by atoms with Crippen molar-refractivity contribution >= 4 is 17.2 Å². The summed E-state index contributed by atoms with van der Waals surface area (Å²) in [4.78, 5) is 22.2. The van der Waals surface area contributed by atoms with E-state index < -0.39 is 22.4 Å². The molecule has 0 aliphatic carbocycles. The van der Waals surface area contributed by atoms with E-state index in [1.165, 1.54) is 23.3 Å². The van der Waals surface area contributed by atoms with Gasteiger partial charge in [-0.05, 0) is 24.3 Å². The van der Waals surface area contributed by atoms with E-state index in [0.717, 1.165) is 30.6 Å². The van der Waals surface area contributed by atoms with Gasteiger partial charge in [0.15, 0.2) is 0 Å². The number of aromatic nitrogens is 4. The van der Waals surface area contributed by atoms with Gasteiger partial charge in [-0.15, -0.1) is 0 Å². The lowest BCUT2D eigenvalue weighted by Gasteiger charge is -2.10. The first-order valence-corrected chi connectivity index (χ1v) is 6.78. The zero-order valence-corrected chi connectivity index (χ0v) is 12.3. The van der Waals surface area contributed by atoms with E-state index in [4.69, 9.17) is 0 Å². The summed E-state index contributed by atoms with van der Waals surface area (Å²) < 4.78 is 39.1. The molecule has 2 heterocycles. The van der Waals surface area contributed by atoms with Gasteiger partial charge < -0.3 is 5.32 Å². The van der Waals surface area contributed by atoms with Crippen LogP contribution in [0.15, 0.2) is 49.3 Å². The SMILES string of the molecule is O=[N+]([O-])c1c(Nc2ccc(C(F)(F)F)cc2)ncnc1-n1ccnc1. The average molecular weight is 350 g/mol. The Morgan fingerprint density at radius 3 is 2.44 bits per heavy atom. The molecule has 11 heteroatoms. The minimum Gasteiger partial charge on any atom is -0.334 e. The summed E-state index contributed by atoms with van der Waals surface area (Å²) in [7, 11) is 0. The van der Waals surface area contributed by atoms with E-state index in [9.17, 15) is 23.3 Å². The van der Waals surface area contributed by atoms with Crippen molar-refractivity contribution in [2.45, 2.75) is 6.18 Å². The molecule has 0 aliphatic heterocycles. The first-order chi connectivity index (χ1) is 11.9. The highest BCUT2D eigenvalue weighted by Gasteiger charge is 2.30. The minimum atomic E-state index is -4.46. The third kappa shape index (κ3) is 3.39. The van der Waals surface area contributed by atoms with Crippen molar-refractivity contribution in [3.05, 3.63) is 65.0 Å². The number of nitro groups is 1. The summed E-state index contributed by atoms with van der Waals surface area (Å²) in [5, 5.41) is 14.1. The summed E-state index contributed by atoms with van der Waals surface area (Å²) in [6, 6.07) is 4.05. The molecule has 0 atom stereocenters. The molecule has 0 radical (unpaired) electrons. The Bertz CT molecular complexity index is 894. The minimum absolute atomic E-state index is 0.0214. The lowest BCUT2D eigenvalue weighted by Crippen LogP contribution is -2.07. The van der Waals surface area contributed by atoms with Crippen LogP contribution in [0, 0.1) is 10.1 Å². The summed E-state index contributed by atoms with van der Waals surface area (Å²) in [6.07, 6.45) is 0.867. The van der Waals surface area contributed by atoms with E-state index in [1.54, 1.807) is 0 Å². The van der Waals surface area contributed by atoms with Crippen LogP contribution in [0.5, 0.6) is 0 Å². The van der Waals surface area contributed by atoms with Crippen molar-refractivity contribution in [2.24, 2.45) is 0 Å². The number of anilines is 2. The van der Waals surface area contributed by atoms with Gasteiger partial charge in [0.05, 0.1) is 10.5 Å². The molecule has 8 nitrogen and oxygen atoms in total. The zero-order valence-electron chi connectivity index (χ0n) is 12.3. The molecule has 3 rings (SSSR count). The maximum atomic E-state index is 12.6. The van der Waals surface area contributed by atoms with E-state index in [-0.39, 0.29) is 17.3 Å². The molecule has 0 bridgehead atoms. The monoisotopic (exact) mass is 350 g/mol. The Kier molecular flexibility index (Phi) is 4.05. The second-order valence-corrected chi connectivity index (χ2v) is 4.82. The maximum Gasteiger partial charge on any atom is 0.416 e. The highest BCUT2D eigenvalue weighted by molar-refractivity contribution is 5.70. The average Bonchev–Trinajstić information content (AvgIpc) is 3.08. The zero-order chi connectivity index (χ0) is 18.0. The van der Waals surface area contributed by atoms with Gasteiger partial charge in [0, 0.05) is 18.1 Å². The third-order valence-corrected chi connectivity index (χ3v) is 3.21. The van der Waals surface area contributed by atoms with Crippen LogP contribution in [0.2, 0.25) is 0 Å². The van der Waals surface area contributed by atoms with Crippen LogP contribution < -0.4 is 5.32 Å². The molecule has 128 valence electrons. The maximum absolute atomic E-state index is 12.6. The Balaban J connectivity index is 1.98. The van der Waals surface area contributed by atoms with Crippen LogP contribution in [-0.2, 0) is 6.18 Å². The number of benzene rings is 1. The molecule has 1 aromatic carbocycles. The summed E-state index contributed by atoms with van der Waals surface area (Å²) in [5.74, 6) is -0.171. The van der Waals surface area contributed by atoms with Gasteiger partial charge in [0.25, 0.3) is 0 Å². The van der Waals surface area contributed by atoms with E-state index >= 15 is 0 Å². The highest BCUT2D eigenvalue weighted by atomic mass is 19.4. The predicted molar refractivity (Wildman–Crippen MR) is 80.5 cm³/mol. The fourth-order valence-electron chi connectivity index (χ4n) is 2.08. The van der Waals surface area contributed by atoms with Crippen LogP contribution in [0.25, 0.3) is 5.82 Å². The topological polar surface area (TPSA) is 98.8 Å². The van der Waals surface area contributed by atoms with Crippen molar-refractivity contribution in [1.82, 2.24) is 19.5 Å². The van der Waals surface area contributed by atoms with Crippen LogP contribution in [0.1, 0.15) is 5.56 Å². The fraction of sp³-hybridized carbons (Fsp3) is 0.0714. The van der Waals surface area contributed by atoms with E-state index in [2.05, 4.69) is 20.3 Å². The van der Waals surface area contributed by atoms with Crippen LogP contribution in [0.3, 0.4) is 0 Å². The van der Waals surface area contributed by atoms with Gasteiger partial charge in [-0.1, -0.05) is 0 Å². The van der Waals surface area contributed by atoms with Gasteiger partial charge in [-0.3, -0.25) is 14.7 Å². The van der Waals surface area contributed by atoms with Crippen molar-refractivity contribution in [2.75, 3.05) is 5.32 Å². The van der Waals surface area contributed by atoms with Crippen molar-refractivity contribution in [3.8, 4) is 5.82 Å². The van der Waals surface area contributed by atoms with Crippen molar-refractivity contribution in [3.63, 3.8) is 0 Å². The number of hydrogen-bond donors (Lipinski definition) is 1. The van der Waals surface area contributed by atoms with Crippen LogP contribution in [0.4, 0.5) is 30.4 Å². The molecule has 0 amide bonds. The highest BCUT2D eigenvalue weighted by Crippen LogP contribution is 2.32. The van der Waals surface area contributed by atoms with Crippen LogP contribution in [-0.4, -0.2) is 24.4 Å². The molecule has 1 N–H and O–H groups in total. The Morgan fingerprint density at radius 2 is 1.88 bits per heavy atom. The van der Waals surface area contributed by atoms with Crippen molar-refractivity contribution < 1.29 is 18.1 Å². The first kappa shape index (κ1) is 16.4. The molecule has 0 spiro atoms. The second kappa shape index (κ2) is 6.19. The normalized spacial score (nSPS) is 11.3. The summed E-state index contributed by atoms with van der Waals surface area (Å²) in [5.41, 5.74) is -1.04. The molecular formula is C14H9F3N6O2. The van der Waals surface area contributed by atoms with Gasteiger partial charge >= 0.3 is 11.9 Å². The molecular weight excluding hydrogens is 341 g/mol. The number of alkyl halides is 3. The molecule has 0 aliphatic rings. The standard InChI is InChI=1S/C14H9F3N6O2/c15-14(16,17)9-1-3-10(4-2-9)21-12-11(23(24)25)13(20-7-19-12)22-6-5-18-8-22/h1-8H,(H,19,20,21). The molecule has 0 fully saturated rings. The van der Waals surface area contributed by atoms with Crippen molar-refractivity contribution in [1.29, 1.82) is 0 Å². The van der Waals surface area contributed by atoms with E-state index in [0.29, 0.717) is 0 Å². The summed E-state index contributed by atoms with van der Waals surface area (Å²) >= 11 is 0. The fourth-order valence-corrected chi connectivity index (χ4v) is 2.08. The lowest BCUT2D eigenvalue weighted by atomic mass is 10.2. The van der Waals surface area contributed by atoms with Gasteiger partial charge in [-0.25, -0.2) is 15.0 Å². The van der Waals surface area contributed by atoms with Gasteiger partial charge in [-0.2, -0.15) is 13.2 Å². The second-order valence-electron chi connectivity index (χ2n) is 4.82. The molecule has 0 unspecified atom stereocenters. The largest absolute Gasteiger partial charge is 0.416 e.